The minimum Gasteiger partial charge on any atom is -0.318 e. The molecule has 0 aliphatic rings. The summed E-state index contributed by atoms with van der Waals surface area (Å²) in [5.41, 5.74) is 1.13. The molecular weight excluding hydrogens is 258 g/mol. The highest BCUT2D eigenvalue weighted by Crippen LogP contribution is 2.25. The van der Waals surface area contributed by atoms with Gasteiger partial charge in [-0.25, -0.2) is 0 Å². The lowest BCUT2D eigenvalue weighted by molar-refractivity contribution is 0.664. The predicted octanol–water partition coefficient (Wildman–Crippen LogP) is 2.52. The zero-order valence-electron chi connectivity index (χ0n) is 11.5. The van der Waals surface area contributed by atoms with Gasteiger partial charge in [0.25, 0.3) is 0 Å². The van der Waals surface area contributed by atoms with Crippen molar-refractivity contribution in [3.05, 3.63) is 47.5 Å². The molecule has 0 aliphatic carbocycles. The monoisotopic (exact) mass is 277 g/mol. The lowest BCUT2D eigenvalue weighted by Crippen LogP contribution is -2.11. The largest absolute Gasteiger partial charge is 0.318 e. The van der Waals surface area contributed by atoms with Crippen LogP contribution in [0.4, 0.5) is 0 Å². The van der Waals surface area contributed by atoms with E-state index in [4.69, 9.17) is 0 Å². The molecule has 2 atom stereocenters. The maximum Gasteiger partial charge on any atom is 0.145 e. The third-order valence-corrected chi connectivity index (χ3v) is 5.10. The first-order valence-corrected chi connectivity index (χ1v) is 7.78. The second-order valence-electron chi connectivity index (χ2n) is 4.56. The number of hydrogen-bond donors (Lipinski definition) is 0. The fourth-order valence-corrected chi connectivity index (χ4v) is 3.59. The second kappa shape index (κ2) is 6.10. The van der Waals surface area contributed by atoms with Gasteiger partial charge in [0.15, 0.2) is 0 Å². The minimum absolute atomic E-state index is 0.0539. The maximum atomic E-state index is 12.5. The second-order valence-corrected chi connectivity index (χ2v) is 6.17. The van der Waals surface area contributed by atoms with E-state index in [0.29, 0.717) is 5.75 Å². The molecule has 0 fully saturated rings. The first-order valence-electron chi connectivity index (χ1n) is 6.40. The summed E-state index contributed by atoms with van der Waals surface area (Å²) in [6.45, 7) is 3.96. The molecule has 0 bridgehead atoms. The van der Waals surface area contributed by atoms with E-state index in [1.807, 2.05) is 48.9 Å². The lowest BCUT2D eigenvalue weighted by atomic mass is 10.1. The Kier molecular flexibility index (Phi) is 4.47. The van der Waals surface area contributed by atoms with Crippen molar-refractivity contribution in [1.82, 2.24) is 14.8 Å². The van der Waals surface area contributed by atoms with Gasteiger partial charge < -0.3 is 4.57 Å². The van der Waals surface area contributed by atoms with Gasteiger partial charge in [-0.1, -0.05) is 37.3 Å². The number of nitrogens with zero attached hydrogens (tertiary/aromatic N) is 3. The Morgan fingerprint density at radius 1 is 1.26 bits per heavy atom. The number of aryl methyl sites for hydroxylation is 1. The summed E-state index contributed by atoms with van der Waals surface area (Å²) >= 11 is 0. The highest BCUT2D eigenvalue weighted by atomic mass is 32.2. The van der Waals surface area contributed by atoms with Crippen LogP contribution in [0.5, 0.6) is 0 Å². The quantitative estimate of drug-likeness (QED) is 0.843. The van der Waals surface area contributed by atoms with Crippen LogP contribution in [-0.4, -0.2) is 19.0 Å². The third-order valence-electron chi connectivity index (χ3n) is 3.31. The average Bonchev–Trinajstić information content (AvgIpc) is 2.73. The third kappa shape index (κ3) is 3.10. The van der Waals surface area contributed by atoms with Crippen molar-refractivity contribution in [2.75, 3.05) is 0 Å². The van der Waals surface area contributed by atoms with E-state index in [2.05, 4.69) is 17.1 Å². The molecule has 0 saturated carbocycles. The van der Waals surface area contributed by atoms with Gasteiger partial charge in [0, 0.05) is 17.8 Å². The van der Waals surface area contributed by atoms with Crippen LogP contribution in [0.2, 0.25) is 0 Å². The van der Waals surface area contributed by atoms with Crippen molar-refractivity contribution in [2.45, 2.75) is 31.3 Å². The number of hydrogen-bond acceptors (Lipinski definition) is 3. The molecular formula is C14H19N3OS. The fraction of sp³-hybridized carbons (Fsp3) is 0.429. The van der Waals surface area contributed by atoms with Crippen LogP contribution in [-0.2, 0) is 23.6 Å². The Bertz CT molecular complexity index is 565. The molecule has 0 saturated heterocycles. The first kappa shape index (κ1) is 13.9. The molecule has 1 aromatic heterocycles. The van der Waals surface area contributed by atoms with E-state index in [0.717, 1.165) is 23.6 Å². The summed E-state index contributed by atoms with van der Waals surface area (Å²) in [4.78, 5) is 0. The van der Waals surface area contributed by atoms with Crippen molar-refractivity contribution in [1.29, 1.82) is 0 Å². The zero-order chi connectivity index (χ0) is 13.8. The number of aromatic nitrogens is 3. The van der Waals surface area contributed by atoms with Crippen LogP contribution in [0.25, 0.3) is 0 Å². The molecule has 5 heteroatoms. The molecule has 102 valence electrons. The predicted molar refractivity (Wildman–Crippen MR) is 77.1 cm³/mol. The number of benzene rings is 1. The van der Waals surface area contributed by atoms with Crippen molar-refractivity contribution in [3.63, 3.8) is 0 Å². The summed E-state index contributed by atoms with van der Waals surface area (Å²) < 4.78 is 14.4. The van der Waals surface area contributed by atoms with Crippen LogP contribution in [0.1, 0.15) is 35.8 Å². The van der Waals surface area contributed by atoms with Crippen molar-refractivity contribution < 1.29 is 4.21 Å². The van der Waals surface area contributed by atoms with Crippen LogP contribution in [0.3, 0.4) is 0 Å². The van der Waals surface area contributed by atoms with Gasteiger partial charge in [0.05, 0.1) is 11.0 Å². The van der Waals surface area contributed by atoms with Crippen molar-refractivity contribution >= 4 is 10.8 Å². The van der Waals surface area contributed by atoms with E-state index < -0.39 is 10.8 Å². The standard InChI is InChI=1S/C14H19N3OS/c1-4-13(12-8-6-5-7-9-12)19(18)10-14-16-15-11(2)17(14)3/h5-9,13H,4,10H2,1-3H3/t13-,19+/m0/s1. The van der Waals surface area contributed by atoms with Crippen LogP contribution in [0.15, 0.2) is 30.3 Å². The first-order chi connectivity index (χ1) is 9.13. The van der Waals surface area contributed by atoms with Gasteiger partial charge in [-0.2, -0.15) is 0 Å². The summed E-state index contributed by atoms with van der Waals surface area (Å²) in [5.74, 6) is 2.08. The molecule has 0 amide bonds. The molecule has 19 heavy (non-hydrogen) atoms. The Morgan fingerprint density at radius 3 is 2.47 bits per heavy atom. The topological polar surface area (TPSA) is 47.8 Å². The van der Waals surface area contributed by atoms with Crippen LogP contribution in [0, 0.1) is 6.92 Å². The van der Waals surface area contributed by atoms with Crippen LogP contribution >= 0.6 is 0 Å². The minimum atomic E-state index is -0.980. The van der Waals surface area contributed by atoms with E-state index >= 15 is 0 Å². The lowest BCUT2D eigenvalue weighted by Gasteiger charge is -2.14. The maximum absolute atomic E-state index is 12.5. The average molecular weight is 277 g/mol. The number of rotatable bonds is 5. The molecule has 1 aromatic carbocycles. The highest BCUT2D eigenvalue weighted by Gasteiger charge is 2.19. The molecule has 0 radical (unpaired) electrons. The molecule has 0 aliphatic heterocycles. The van der Waals surface area contributed by atoms with E-state index in [-0.39, 0.29) is 5.25 Å². The van der Waals surface area contributed by atoms with Gasteiger partial charge in [-0.15, -0.1) is 10.2 Å². The van der Waals surface area contributed by atoms with E-state index in [9.17, 15) is 4.21 Å². The zero-order valence-corrected chi connectivity index (χ0v) is 12.4. The Balaban J connectivity index is 2.16. The Morgan fingerprint density at radius 2 is 1.95 bits per heavy atom. The molecule has 0 unspecified atom stereocenters. The van der Waals surface area contributed by atoms with Crippen molar-refractivity contribution in [3.8, 4) is 0 Å². The molecule has 2 rings (SSSR count). The molecule has 2 aromatic rings. The molecule has 0 spiro atoms. The summed E-state index contributed by atoms with van der Waals surface area (Å²) in [7, 11) is 0.928. The molecule has 1 heterocycles. The van der Waals surface area contributed by atoms with Gasteiger partial charge >= 0.3 is 0 Å². The Hall–Kier alpha value is -1.49. The summed E-state index contributed by atoms with van der Waals surface area (Å²) in [6, 6.07) is 10.0. The molecule has 0 N–H and O–H groups in total. The Labute approximate surface area is 116 Å². The van der Waals surface area contributed by atoms with Gasteiger partial charge in [-0.05, 0) is 18.9 Å². The molecule has 4 nitrogen and oxygen atoms in total. The van der Waals surface area contributed by atoms with Crippen LogP contribution < -0.4 is 0 Å². The normalized spacial score (nSPS) is 14.3. The fourth-order valence-electron chi connectivity index (χ4n) is 2.05. The van der Waals surface area contributed by atoms with Gasteiger partial charge in [0.2, 0.25) is 0 Å². The smallest absolute Gasteiger partial charge is 0.145 e. The summed E-state index contributed by atoms with van der Waals surface area (Å²) in [5, 5.41) is 8.15. The van der Waals surface area contributed by atoms with Crippen molar-refractivity contribution in [2.24, 2.45) is 7.05 Å². The van der Waals surface area contributed by atoms with Gasteiger partial charge in [-0.3, -0.25) is 4.21 Å². The van der Waals surface area contributed by atoms with Gasteiger partial charge in [0.1, 0.15) is 11.6 Å². The van der Waals surface area contributed by atoms with E-state index in [1.165, 1.54) is 0 Å². The SMILES string of the molecule is CC[C@@H](c1ccccc1)[S@](=O)Cc1nnc(C)n1C. The van der Waals surface area contributed by atoms with E-state index in [1.54, 1.807) is 0 Å². The highest BCUT2D eigenvalue weighted by molar-refractivity contribution is 7.84. The summed E-state index contributed by atoms with van der Waals surface area (Å²) in [6.07, 6.45) is 0.855.